The topological polar surface area (TPSA) is 91.0 Å². The van der Waals surface area contributed by atoms with Crippen molar-refractivity contribution in [3.05, 3.63) is 52.6 Å². The van der Waals surface area contributed by atoms with Crippen LogP contribution in [0.3, 0.4) is 0 Å². The minimum absolute atomic E-state index is 0.0375. The number of rotatable bonds is 5. The highest BCUT2D eigenvalue weighted by molar-refractivity contribution is 6.01. The van der Waals surface area contributed by atoms with Crippen molar-refractivity contribution in [2.24, 2.45) is 0 Å². The first-order chi connectivity index (χ1) is 15.0. The molecule has 4 heterocycles. The molecular weight excluding hydrogens is 390 g/mol. The van der Waals surface area contributed by atoms with Crippen molar-refractivity contribution in [3.63, 3.8) is 0 Å². The van der Waals surface area contributed by atoms with Gasteiger partial charge in [-0.3, -0.25) is 9.59 Å². The molecule has 0 saturated carbocycles. The van der Waals surface area contributed by atoms with Crippen molar-refractivity contribution in [2.75, 3.05) is 6.54 Å². The number of hydrogen-bond donors (Lipinski definition) is 1. The Labute approximate surface area is 183 Å². The number of carbonyl (C=O) groups excluding carboxylic acids is 2. The molecule has 2 aliphatic heterocycles. The zero-order chi connectivity index (χ0) is 22.0. The van der Waals surface area contributed by atoms with Gasteiger partial charge in [-0.25, -0.2) is 4.98 Å². The Balaban J connectivity index is 1.60. The molecule has 1 unspecified atom stereocenters. The summed E-state index contributed by atoms with van der Waals surface area (Å²) in [6, 6.07) is 7.35. The minimum Gasteiger partial charge on any atom is -0.345 e. The summed E-state index contributed by atoms with van der Waals surface area (Å²) in [4.78, 5) is 32.6. The van der Waals surface area contributed by atoms with E-state index in [2.05, 4.69) is 21.8 Å². The van der Waals surface area contributed by atoms with Crippen LogP contribution < -0.4 is 5.32 Å². The number of likely N-dealkylation sites (tertiary alicyclic amines) is 1. The van der Waals surface area contributed by atoms with Crippen LogP contribution in [0.25, 0.3) is 0 Å². The second-order valence-electron chi connectivity index (χ2n) is 8.51. The Bertz CT molecular complexity index is 1020. The van der Waals surface area contributed by atoms with Crippen LogP contribution in [0.15, 0.2) is 24.4 Å². The van der Waals surface area contributed by atoms with E-state index in [0.717, 1.165) is 56.5 Å². The van der Waals surface area contributed by atoms with Gasteiger partial charge in [-0.15, -0.1) is 0 Å². The number of nitriles is 1. The van der Waals surface area contributed by atoms with Gasteiger partial charge in [-0.1, -0.05) is 13.0 Å². The maximum absolute atomic E-state index is 13.3. The highest BCUT2D eigenvalue weighted by atomic mass is 16.2. The summed E-state index contributed by atoms with van der Waals surface area (Å²) in [6.07, 6.45) is 7.26. The first-order valence-corrected chi connectivity index (χ1v) is 11.2. The summed E-state index contributed by atoms with van der Waals surface area (Å²) in [5.74, 6) is -0.120. The SMILES string of the molecule is CC[C@@H](NC(=O)c1cc(C(=O)N2CCCC2C)n2c1CCCC2)c1ccc(C#N)nc1. The van der Waals surface area contributed by atoms with Gasteiger partial charge >= 0.3 is 0 Å². The van der Waals surface area contributed by atoms with E-state index < -0.39 is 0 Å². The molecule has 0 aromatic carbocycles. The summed E-state index contributed by atoms with van der Waals surface area (Å²) < 4.78 is 2.07. The summed E-state index contributed by atoms with van der Waals surface area (Å²) in [7, 11) is 0. The van der Waals surface area contributed by atoms with E-state index >= 15 is 0 Å². The van der Waals surface area contributed by atoms with Gasteiger partial charge in [0.25, 0.3) is 11.8 Å². The zero-order valence-electron chi connectivity index (χ0n) is 18.2. The molecule has 1 saturated heterocycles. The molecule has 2 aliphatic rings. The summed E-state index contributed by atoms with van der Waals surface area (Å²) in [5.41, 5.74) is 3.43. The summed E-state index contributed by atoms with van der Waals surface area (Å²) in [6.45, 7) is 5.66. The monoisotopic (exact) mass is 419 g/mol. The van der Waals surface area contributed by atoms with E-state index in [0.29, 0.717) is 23.4 Å². The molecule has 2 atom stereocenters. The van der Waals surface area contributed by atoms with Crippen molar-refractivity contribution in [1.82, 2.24) is 19.8 Å². The maximum Gasteiger partial charge on any atom is 0.270 e. The van der Waals surface area contributed by atoms with Crippen LogP contribution in [-0.4, -0.2) is 38.9 Å². The van der Waals surface area contributed by atoms with Crippen LogP contribution in [0.5, 0.6) is 0 Å². The van der Waals surface area contributed by atoms with Crippen LogP contribution in [-0.2, 0) is 13.0 Å². The molecule has 0 bridgehead atoms. The number of fused-ring (bicyclic) bond motifs is 1. The Hall–Kier alpha value is -3.14. The van der Waals surface area contributed by atoms with E-state index in [1.807, 2.05) is 24.0 Å². The Kier molecular flexibility index (Phi) is 6.08. The third kappa shape index (κ3) is 4.07. The number of aromatic nitrogens is 2. The summed E-state index contributed by atoms with van der Waals surface area (Å²) in [5, 5.41) is 12.1. The van der Waals surface area contributed by atoms with Crippen LogP contribution in [0.1, 0.15) is 89.8 Å². The van der Waals surface area contributed by atoms with E-state index in [1.165, 1.54) is 0 Å². The normalized spacial score (nSPS) is 18.9. The lowest BCUT2D eigenvalue weighted by molar-refractivity contribution is 0.0735. The van der Waals surface area contributed by atoms with Gasteiger partial charge < -0.3 is 14.8 Å². The Morgan fingerprint density at radius 1 is 1.29 bits per heavy atom. The third-order valence-corrected chi connectivity index (χ3v) is 6.55. The predicted octanol–water partition coefficient (Wildman–Crippen LogP) is 3.60. The van der Waals surface area contributed by atoms with E-state index in [4.69, 9.17) is 5.26 Å². The Morgan fingerprint density at radius 2 is 2.13 bits per heavy atom. The van der Waals surface area contributed by atoms with E-state index in [9.17, 15) is 9.59 Å². The Morgan fingerprint density at radius 3 is 2.77 bits per heavy atom. The molecule has 1 N–H and O–H groups in total. The fourth-order valence-electron chi connectivity index (χ4n) is 4.77. The molecule has 2 amide bonds. The van der Waals surface area contributed by atoms with Crippen LogP contribution in [0.4, 0.5) is 0 Å². The third-order valence-electron chi connectivity index (χ3n) is 6.55. The van der Waals surface area contributed by atoms with Gasteiger partial charge in [0.1, 0.15) is 17.5 Å². The highest BCUT2D eigenvalue weighted by Crippen LogP contribution is 2.28. The molecule has 0 radical (unpaired) electrons. The van der Waals surface area contributed by atoms with Crippen LogP contribution >= 0.6 is 0 Å². The number of nitrogens with zero attached hydrogens (tertiary/aromatic N) is 4. The molecule has 1 fully saturated rings. The predicted molar refractivity (Wildman–Crippen MR) is 117 cm³/mol. The fourth-order valence-corrected chi connectivity index (χ4v) is 4.77. The molecule has 4 rings (SSSR count). The zero-order valence-corrected chi connectivity index (χ0v) is 18.2. The lowest BCUT2D eigenvalue weighted by Gasteiger charge is -2.24. The van der Waals surface area contributed by atoms with Gasteiger partial charge in [0.2, 0.25) is 0 Å². The molecule has 7 nitrogen and oxygen atoms in total. The second-order valence-corrected chi connectivity index (χ2v) is 8.51. The molecule has 2 aromatic rings. The molecule has 7 heteroatoms. The standard InChI is InChI=1S/C24H29N5O2/c1-3-20(17-9-10-18(14-25)26-15-17)27-23(30)19-13-22(29-11-5-4-8-21(19)29)24(31)28-12-6-7-16(28)2/h9-10,13,15-16,20H,3-8,11-12H2,1-2H3,(H,27,30)/t16?,20-/m1/s1. The average molecular weight is 420 g/mol. The van der Waals surface area contributed by atoms with E-state index in [1.54, 1.807) is 18.3 Å². The van der Waals surface area contributed by atoms with Gasteiger partial charge in [0, 0.05) is 31.0 Å². The highest BCUT2D eigenvalue weighted by Gasteiger charge is 2.32. The van der Waals surface area contributed by atoms with Gasteiger partial charge in [0.15, 0.2) is 0 Å². The number of amides is 2. The number of hydrogen-bond acceptors (Lipinski definition) is 4. The molecule has 31 heavy (non-hydrogen) atoms. The van der Waals surface area contributed by atoms with Gasteiger partial charge in [0.05, 0.1) is 11.6 Å². The average Bonchev–Trinajstić information content (AvgIpc) is 3.41. The largest absolute Gasteiger partial charge is 0.345 e. The first kappa shape index (κ1) is 21.1. The van der Waals surface area contributed by atoms with Crippen molar-refractivity contribution < 1.29 is 9.59 Å². The minimum atomic E-state index is -0.204. The number of nitrogens with one attached hydrogen (secondary N) is 1. The lowest BCUT2D eigenvalue weighted by atomic mass is 10.0. The lowest BCUT2D eigenvalue weighted by Crippen LogP contribution is -2.35. The molecule has 0 spiro atoms. The molecule has 2 aromatic heterocycles. The van der Waals surface area contributed by atoms with Crippen molar-refractivity contribution >= 4 is 11.8 Å². The van der Waals surface area contributed by atoms with E-state index in [-0.39, 0.29) is 23.9 Å². The fraction of sp³-hybridized carbons (Fsp3) is 0.500. The van der Waals surface area contributed by atoms with Crippen molar-refractivity contribution in [2.45, 2.75) is 71.0 Å². The van der Waals surface area contributed by atoms with Crippen molar-refractivity contribution in [3.8, 4) is 6.07 Å². The number of carbonyl (C=O) groups is 2. The van der Waals surface area contributed by atoms with Gasteiger partial charge in [-0.05, 0) is 63.1 Å². The molecule has 162 valence electrons. The summed E-state index contributed by atoms with van der Waals surface area (Å²) >= 11 is 0. The second kappa shape index (κ2) is 8.93. The number of pyridine rings is 1. The maximum atomic E-state index is 13.3. The van der Waals surface area contributed by atoms with Crippen LogP contribution in [0, 0.1) is 11.3 Å². The first-order valence-electron chi connectivity index (χ1n) is 11.2. The quantitative estimate of drug-likeness (QED) is 0.802. The molecular formula is C24H29N5O2. The van der Waals surface area contributed by atoms with Gasteiger partial charge in [-0.2, -0.15) is 5.26 Å². The van der Waals surface area contributed by atoms with Crippen LogP contribution in [0.2, 0.25) is 0 Å². The molecule has 0 aliphatic carbocycles. The smallest absolute Gasteiger partial charge is 0.270 e. The van der Waals surface area contributed by atoms with Crippen molar-refractivity contribution in [1.29, 1.82) is 5.26 Å².